The lowest BCUT2D eigenvalue weighted by atomic mass is 9.99. The quantitative estimate of drug-likeness (QED) is 0.926. The van der Waals surface area contributed by atoms with Crippen molar-refractivity contribution in [2.45, 2.75) is 13.0 Å². The van der Waals surface area contributed by atoms with E-state index in [1.807, 2.05) is 31.2 Å². The molecule has 5 heteroatoms. The Hall–Kier alpha value is -2.69. The van der Waals surface area contributed by atoms with Gasteiger partial charge in [0.1, 0.15) is 11.9 Å². The van der Waals surface area contributed by atoms with Crippen LogP contribution in [0.3, 0.4) is 0 Å². The summed E-state index contributed by atoms with van der Waals surface area (Å²) in [6.07, 6.45) is 0. The molecule has 1 heterocycles. The average Bonchev–Trinajstić information content (AvgIpc) is 2.54. The van der Waals surface area contributed by atoms with Gasteiger partial charge in [-0.05, 0) is 36.8 Å². The van der Waals surface area contributed by atoms with Crippen molar-refractivity contribution < 1.29 is 14.0 Å². The Bertz CT molecular complexity index is 743. The van der Waals surface area contributed by atoms with Crippen molar-refractivity contribution in [1.82, 2.24) is 10.2 Å². The Kier molecular flexibility index (Phi) is 4.10. The van der Waals surface area contributed by atoms with Gasteiger partial charge < -0.3 is 10.2 Å². The van der Waals surface area contributed by atoms with Crippen LogP contribution in [0.15, 0.2) is 48.5 Å². The molecule has 1 N–H and O–H groups in total. The van der Waals surface area contributed by atoms with Gasteiger partial charge in [-0.15, -0.1) is 0 Å². The number of piperazine rings is 1. The topological polar surface area (TPSA) is 49.4 Å². The molecule has 3 rings (SSSR count). The molecule has 2 amide bonds. The molecule has 1 atom stereocenters. The van der Waals surface area contributed by atoms with Gasteiger partial charge in [-0.2, -0.15) is 0 Å². The molecular weight excluding hydrogens is 295 g/mol. The van der Waals surface area contributed by atoms with Crippen LogP contribution in [0.2, 0.25) is 0 Å². The Labute approximate surface area is 133 Å². The second-order valence-electron chi connectivity index (χ2n) is 5.61. The van der Waals surface area contributed by atoms with Crippen LogP contribution in [-0.4, -0.2) is 29.8 Å². The Morgan fingerprint density at radius 2 is 1.96 bits per heavy atom. The lowest BCUT2D eigenvalue weighted by Gasteiger charge is -2.35. The number of aryl methyl sites for hydroxylation is 1. The number of hydrogen-bond acceptors (Lipinski definition) is 2. The van der Waals surface area contributed by atoms with Gasteiger partial charge in [0.2, 0.25) is 5.91 Å². The number of nitrogens with one attached hydrogen (secondary N) is 1. The third-order valence-electron chi connectivity index (χ3n) is 3.92. The fraction of sp³-hybridized carbons (Fsp3) is 0.222. The highest BCUT2D eigenvalue weighted by Gasteiger charge is 2.34. The van der Waals surface area contributed by atoms with Crippen LogP contribution in [0.4, 0.5) is 4.39 Å². The van der Waals surface area contributed by atoms with Crippen LogP contribution in [-0.2, 0) is 4.79 Å². The molecule has 0 spiro atoms. The molecule has 118 valence electrons. The van der Waals surface area contributed by atoms with E-state index >= 15 is 0 Å². The first kappa shape index (κ1) is 15.2. The zero-order chi connectivity index (χ0) is 16.4. The Balaban J connectivity index is 1.96. The van der Waals surface area contributed by atoms with E-state index in [-0.39, 0.29) is 11.8 Å². The third-order valence-corrected chi connectivity index (χ3v) is 3.92. The predicted molar refractivity (Wildman–Crippen MR) is 84.4 cm³/mol. The molecular formula is C18H17FN2O2. The van der Waals surface area contributed by atoms with Crippen LogP contribution in [0.5, 0.6) is 0 Å². The van der Waals surface area contributed by atoms with E-state index in [1.165, 1.54) is 24.3 Å². The van der Waals surface area contributed by atoms with Gasteiger partial charge in [-0.25, -0.2) is 4.39 Å². The summed E-state index contributed by atoms with van der Waals surface area (Å²) < 4.78 is 13.1. The molecule has 0 radical (unpaired) electrons. The van der Waals surface area contributed by atoms with E-state index in [9.17, 15) is 14.0 Å². The summed E-state index contributed by atoms with van der Waals surface area (Å²) in [6, 6.07) is 12.3. The highest BCUT2D eigenvalue weighted by Crippen LogP contribution is 2.26. The smallest absolute Gasteiger partial charge is 0.254 e. The van der Waals surface area contributed by atoms with E-state index in [4.69, 9.17) is 0 Å². The largest absolute Gasteiger partial charge is 0.352 e. The maximum Gasteiger partial charge on any atom is 0.254 e. The molecule has 1 aliphatic rings. The number of carbonyl (C=O) groups is 2. The van der Waals surface area contributed by atoms with E-state index in [1.54, 1.807) is 4.90 Å². The van der Waals surface area contributed by atoms with Crippen molar-refractivity contribution in [2.75, 3.05) is 13.1 Å². The van der Waals surface area contributed by atoms with Crippen LogP contribution in [0.25, 0.3) is 0 Å². The molecule has 23 heavy (non-hydrogen) atoms. The standard InChI is InChI=1S/C18H17FN2O2/c1-12-3-2-4-14(11-12)16-17(22)20-9-10-21(16)18(23)13-5-7-15(19)8-6-13/h2-8,11,16H,9-10H2,1H3,(H,20,22). The average molecular weight is 312 g/mol. The molecule has 1 aliphatic heterocycles. The predicted octanol–water partition coefficient (Wildman–Crippen LogP) is 2.45. The lowest BCUT2D eigenvalue weighted by Crippen LogP contribution is -2.52. The van der Waals surface area contributed by atoms with Gasteiger partial charge in [0.25, 0.3) is 5.91 Å². The van der Waals surface area contributed by atoms with Gasteiger partial charge in [0.15, 0.2) is 0 Å². The zero-order valence-electron chi connectivity index (χ0n) is 12.8. The first-order chi connectivity index (χ1) is 11.1. The fourth-order valence-corrected chi connectivity index (χ4v) is 2.82. The first-order valence-electron chi connectivity index (χ1n) is 7.47. The van der Waals surface area contributed by atoms with Crippen LogP contribution in [0, 0.1) is 12.7 Å². The lowest BCUT2D eigenvalue weighted by molar-refractivity contribution is -0.128. The molecule has 0 aliphatic carbocycles. The van der Waals surface area contributed by atoms with Gasteiger partial charge in [0, 0.05) is 18.7 Å². The number of carbonyl (C=O) groups excluding carboxylic acids is 2. The molecule has 0 aromatic heterocycles. The maximum atomic E-state index is 13.1. The highest BCUT2D eigenvalue weighted by atomic mass is 19.1. The highest BCUT2D eigenvalue weighted by molar-refractivity contribution is 5.98. The van der Waals surface area contributed by atoms with Gasteiger partial charge >= 0.3 is 0 Å². The normalized spacial score (nSPS) is 17.7. The molecule has 0 bridgehead atoms. The molecule has 1 fully saturated rings. The summed E-state index contributed by atoms with van der Waals surface area (Å²) in [7, 11) is 0. The number of nitrogens with zero attached hydrogens (tertiary/aromatic N) is 1. The summed E-state index contributed by atoms with van der Waals surface area (Å²) >= 11 is 0. The zero-order valence-corrected chi connectivity index (χ0v) is 12.8. The fourth-order valence-electron chi connectivity index (χ4n) is 2.82. The summed E-state index contributed by atoms with van der Waals surface area (Å²) in [5.41, 5.74) is 2.17. The third kappa shape index (κ3) is 3.08. The Morgan fingerprint density at radius 3 is 2.65 bits per heavy atom. The number of hydrogen-bond donors (Lipinski definition) is 1. The summed E-state index contributed by atoms with van der Waals surface area (Å²) in [4.78, 5) is 26.6. The van der Waals surface area contributed by atoms with Crippen molar-refractivity contribution in [2.24, 2.45) is 0 Å². The molecule has 2 aromatic rings. The van der Waals surface area contributed by atoms with Gasteiger partial charge in [0.05, 0.1) is 0 Å². The minimum Gasteiger partial charge on any atom is -0.352 e. The number of halogens is 1. The second-order valence-corrected chi connectivity index (χ2v) is 5.61. The number of rotatable bonds is 2. The van der Waals surface area contributed by atoms with E-state index < -0.39 is 11.9 Å². The molecule has 0 saturated carbocycles. The molecule has 1 unspecified atom stereocenters. The van der Waals surface area contributed by atoms with Crippen molar-refractivity contribution in [3.8, 4) is 0 Å². The maximum absolute atomic E-state index is 13.1. The second kappa shape index (κ2) is 6.20. The molecule has 1 saturated heterocycles. The minimum absolute atomic E-state index is 0.197. The summed E-state index contributed by atoms with van der Waals surface area (Å²) in [5, 5.41) is 2.80. The van der Waals surface area contributed by atoms with Crippen LogP contribution >= 0.6 is 0 Å². The van der Waals surface area contributed by atoms with E-state index in [0.29, 0.717) is 18.7 Å². The van der Waals surface area contributed by atoms with Crippen LogP contribution in [0.1, 0.15) is 27.5 Å². The van der Waals surface area contributed by atoms with Gasteiger partial charge in [-0.3, -0.25) is 9.59 Å². The molecule has 4 nitrogen and oxygen atoms in total. The SMILES string of the molecule is Cc1cccc(C2C(=O)NCCN2C(=O)c2ccc(F)cc2)c1. The monoisotopic (exact) mass is 312 g/mol. The molecule has 2 aromatic carbocycles. The van der Waals surface area contributed by atoms with Crippen molar-refractivity contribution >= 4 is 11.8 Å². The van der Waals surface area contributed by atoms with Crippen LogP contribution < -0.4 is 5.32 Å². The van der Waals surface area contributed by atoms with E-state index in [0.717, 1.165) is 11.1 Å². The number of amides is 2. The summed E-state index contributed by atoms with van der Waals surface area (Å²) in [6.45, 7) is 2.77. The van der Waals surface area contributed by atoms with E-state index in [2.05, 4.69) is 5.32 Å². The summed E-state index contributed by atoms with van der Waals surface area (Å²) in [5.74, 6) is -0.864. The van der Waals surface area contributed by atoms with Gasteiger partial charge in [-0.1, -0.05) is 29.8 Å². The van der Waals surface area contributed by atoms with Crippen molar-refractivity contribution in [1.29, 1.82) is 0 Å². The first-order valence-corrected chi connectivity index (χ1v) is 7.47. The van der Waals surface area contributed by atoms with Crippen molar-refractivity contribution in [3.05, 3.63) is 71.0 Å². The van der Waals surface area contributed by atoms with Crippen molar-refractivity contribution in [3.63, 3.8) is 0 Å². The minimum atomic E-state index is -0.666. The Morgan fingerprint density at radius 1 is 1.22 bits per heavy atom. The number of benzene rings is 2.